The van der Waals surface area contributed by atoms with Gasteiger partial charge >= 0.3 is 0 Å². The van der Waals surface area contributed by atoms with E-state index in [1.807, 2.05) is 24.4 Å². The third-order valence-corrected chi connectivity index (χ3v) is 4.87. The molecule has 114 valence electrons. The maximum Gasteiger partial charge on any atom is 0.252 e. The lowest BCUT2D eigenvalue weighted by molar-refractivity contribution is 0.0943. The van der Waals surface area contributed by atoms with Crippen LogP contribution in [-0.2, 0) is 5.41 Å². The van der Waals surface area contributed by atoms with Crippen molar-refractivity contribution in [3.8, 4) is 0 Å². The van der Waals surface area contributed by atoms with Crippen LogP contribution in [0.5, 0.6) is 0 Å². The van der Waals surface area contributed by atoms with Crippen LogP contribution in [0.15, 0.2) is 48.8 Å². The monoisotopic (exact) mass is 314 g/mol. The first kappa shape index (κ1) is 15.0. The van der Waals surface area contributed by atoms with Gasteiger partial charge in [-0.05, 0) is 36.6 Å². The molecule has 0 radical (unpaired) electrons. The summed E-state index contributed by atoms with van der Waals surface area (Å²) >= 11 is 6.10. The quantitative estimate of drug-likeness (QED) is 0.927. The Hall–Kier alpha value is -1.87. The molecule has 1 heterocycles. The van der Waals surface area contributed by atoms with Gasteiger partial charge in [-0.25, -0.2) is 0 Å². The molecule has 0 aliphatic heterocycles. The number of benzene rings is 1. The molecule has 3 nitrogen and oxygen atoms in total. The number of aromatic nitrogens is 1. The zero-order valence-electron chi connectivity index (χ0n) is 12.4. The minimum absolute atomic E-state index is 0.00514. The maximum atomic E-state index is 12.4. The third kappa shape index (κ3) is 3.00. The van der Waals surface area contributed by atoms with Crippen molar-refractivity contribution < 1.29 is 4.79 Å². The van der Waals surface area contributed by atoms with E-state index in [4.69, 9.17) is 11.6 Å². The van der Waals surface area contributed by atoms with E-state index in [2.05, 4.69) is 16.4 Å². The van der Waals surface area contributed by atoms with E-state index >= 15 is 0 Å². The molecule has 4 heteroatoms. The smallest absolute Gasteiger partial charge is 0.252 e. The summed E-state index contributed by atoms with van der Waals surface area (Å²) in [5.41, 5.74) is 1.75. The number of carbonyl (C=O) groups is 1. The number of rotatable bonds is 4. The highest BCUT2D eigenvalue weighted by Gasteiger charge is 2.36. The van der Waals surface area contributed by atoms with Crippen molar-refractivity contribution in [1.82, 2.24) is 10.3 Å². The average molecular weight is 315 g/mol. The zero-order chi connectivity index (χ0) is 15.4. The van der Waals surface area contributed by atoms with E-state index in [-0.39, 0.29) is 11.3 Å². The SMILES string of the molecule is O=C(NCC1(c2cccnc2)CCCC1)c1ccccc1Cl. The molecule has 0 saturated heterocycles. The number of hydrogen-bond donors (Lipinski definition) is 1. The summed E-state index contributed by atoms with van der Waals surface area (Å²) in [6, 6.07) is 11.2. The molecule has 1 amide bonds. The number of nitrogens with one attached hydrogen (secondary N) is 1. The Morgan fingerprint density at radius 3 is 2.64 bits per heavy atom. The summed E-state index contributed by atoms with van der Waals surface area (Å²) in [5.74, 6) is -0.110. The van der Waals surface area contributed by atoms with Gasteiger partial charge in [0, 0.05) is 24.4 Å². The van der Waals surface area contributed by atoms with Crippen molar-refractivity contribution in [2.24, 2.45) is 0 Å². The van der Waals surface area contributed by atoms with Gasteiger partial charge in [0.1, 0.15) is 0 Å². The summed E-state index contributed by atoms with van der Waals surface area (Å²) in [6.07, 6.45) is 8.26. The highest BCUT2D eigenvalue weighted by atomic mass is 35.5. The number of pyridine rings is 1. The molecule has 1 fully saturated rings. The molecule has 1 aromatic carbocycles. The minimum atomic E-state index is -0.110. The van der Waals surface area contributed by atoms with E-state index in [1.54, 1.807) is 18.3 Å². The van der Waals surface area contributed by atoms with Gasteiger partial charge < -0.3 is 5.32 Å². The van der Waals surface area contributed by atoms with Crippen LogP contribution in [0, 0.1) is 0 Å². The number of halogens is 1. The highest BCUT2D eigenvalue weighted by Crippen LogP contribution is 2.40. The molecule has 0 atom stereocenters. The first-order valence-corrected chi connectivity index (χ1v) is 8.02. The van der Waals surface area contributed by atoms with Crippen molar-refractivity contribution in [3.63, 3.8) is 0 Å². The molecule has 1 aliphatic carbocycles. The summed E-state index contributed by atoms with van der Waals surface area (Å²) < 4.78 is 0. The Bertz CT molecular complexity index is 651. The summed E-state index contributed by atoms with van der Waals surface area (Å²) in [6.45, 7) is 0.628. The molecule has 1 aromatic heterocycles. The Morgan fingerprint density at radius 2 is 1.95 bits per heavy atom. The fraction of sp³-hybridized carbons (Fsp3) is 0.333. The number of carbonyl (C=O) groups excluding carboxylic acids is 1. The summed E-state index contributed by atoms with van der Waals surface area (Å²) in [4.78, 5) is 16.6. The van der Waals surface area contributed by atoms with E-state index in [0.717, 1.165) is 12.8 Å². The predicted molar refractivity (Wildman–Crippen MR) is 88.2 cm³/mol. The molecule has 1 N–H and O–H groups in total. The van der Waals surface area contributed by atoms with Crippen molar-refractivity contribution in [2.45, 2.75) is 31.1 Å². The lowest BCUT2D eigenvalue weighted by atomic mass is 9.79. The van der Waals surface area contributed by atoms with Gasteiger partial charge in [-0.1, -0.05) is 42.6 Å². The minimum Gasteiger partial charge on any atom is -0.351 e. The average Bonchev–Trinajstić information content (AvgIpc) is 3.04. The van der Waals surface area contributed by atoms with Crippen LogP contribution >= 0.6 is 11.6 Å². The van der Waals surface area contributed by atoms with Crippen LogP contribution < -0.4 is 5.32 Å². The van der Waals surface area contributed by atoms with Crippen LogP contribution in [0.25, 0.3) is 0 Å². The van der Waals surface area contributed by atoms with Gasteiger partial charge in [0.2, 0.25) is 0 Å². The topological polar surface area (TPSA) is 42.0 Å². The van der Waals surface area contributed by atoms with E-state index in [1.165, 1.54) is 18.4 Å². The second-order valence-corrected chi connectivity index (χ2v) is 6.30. The Kier molecular flexibility index (Phi) is 4.44. The number of amides is 1. The van der Waals surface area contributed by atoms with Crippen LogP contribution in [-0.4, -0.2) is 17.4 Å². The molecule has 22 heavy (non-hydrogen) atoms. The molecule has 0 unspecified atom stereocenters. The molecule has 0 bridgehead atoms. The van der Waals surface area contributed by atoms with E-state index in [0.29, 0.717) is 17.1 Å². The molecule has 2 aromatic rings. The molecule has 3 rings (SSSR count). The fourth-order valence-corrected chi connectivity index (χ4v) is 3.51. The Labute approximate surface area is 135 Å². The third-order valence-electron chi connectivity index (χ3n) is 4.54. The van der Waals surface area contributed by atoms with Crippen molar-refractivity contribution in [2.75, 3.05) is 6.54 Å². The molecular formula is C18H19ClN2O. The second kappa shape index (κ2) is 6.49. The lowest BCUT2D eigenvalue weighted by Crippen LogP contribution is -2.39. The van der Waals surface area contributed by atoms with Crippen LogP contribution in [0.2, 0.25) is 5.02 Å². The largest absolute Gasteiger partial charge is 0.351 e. The summed E-state index contributed by atoms with van der Waals surface area (Å²) in [7, 11) is 0. The van der Waals surface area contributed by atoms with Gasteiger partial charge in [-0.3, -0.25) is 9.78 Å². The van der Waals surface area contributed by atoms with Crippen LogP contribution in [0.1, 0.15) is 41.6 Å². The zero-order valence-corrected chi connectivity index (χ0v) is 13.1. The van der Waals surface area contributed by atoms with Crippen molar-refractivity contribution in [3.05, 3.63) is 64.9 Å². The maximum absolute atomic E-state index is 12.4. The Balaban J connectivity index is 1.76. The van der Waals surface area contributed by atoms with Crippen LogP contribution in [0.3, 0.4) is 0 Å². The van der Waals surface area contributed by atoms with Gasteiger partial charge in [-0.15, -0.1) is 0 Å². The molecule has 0 spiro atoms. The highest BCUT2D eigenvalue weighted by molar-refractivity contribution is 6.33. The first-order valence-electron chi connectivity index (χ1n) is 7.65. The number of nitrogens with zero attached hydrogens (tertiary/aromatic N) is 1. The van der Waals surface area contributed by atoms with E-state index in [9.17, 15) is 4.79 Å². The van der Waals surface area contributed by atoms with Gasteiger partial charge in [-0.2, -0.15) is 0 Å². The van der Waals surface area contributed by atoms with Crippen molar-refractivity contribution in [1.29, 1.82) is 0 Å². The normalized spacial score (nSPS) is 16.4. The lowest BCUT2D eigenvalue weighted by Gasteiger charge is -2.29. The molecular weight excluding hydrogens is 296 g/mol. The van der Waals surface area contributed by atoms with Gasteiger partial charge in [0.15, 0.2) is 0 Å². The first-order chi connectivity index (χ1) is 10.7. The fourth-order valence-electron chi connectivity index (χ4n) is 3.29. The molecule has 1 aliphatic rings. The van der Waals surface area contributed by atoms with Crippen LogP contribution in [0.4, 0.5) is 0 Å². The number of hydrogen-bond acceptors (Lipinski definition) is 2. The van der Waals surface area contributed by atoms with Gasteiger partial charge in [0.05, 0.1) is 10.6 Å². The second-order valence-electron chi connectivity index (χ2n) is 5.89. The van der Waals surface area contributed by atoms with E-state index < -0.39 is 0 Å². The predicted octanol–water partition coefficient (Wildman–Crippen LogP) is 3.98. The van der Waals surface area contributed by atoms with Gasteiger partial charge in [0.25, 0.3) is 5.91 Å². The Morgan fingerprint density at radius 1 is 1.18 bits per heavy atom. The molecule has 1 saturated carbocycles. The van der Waals surface area contributed by atoms with Crippen molar-refractivity contribution >= 4 is 17.5 Å². The standard InChI is InChI=1S/C18H19ClN2O/c19-16-8-2-1-7-15(16)17(22)21-13-18(9-3-4-10-18)14-6-5-11-20-12-14/h1-2,5-8,11-12H,3-4,9-10,13H2,(H,21,22). The summed E-state index contributed by atoms with van der Waals surface area (Å²) in [5, 5.41) is 3.56.